The first-order valence-corrected chi connectivity index (χ1v) is 10.6. The van der Waals surface area contributed by atoms with Gasteiger partial charge in [-0.2, -0.15) is 0 Å². The molecule has 1 aliphatic rings. The van der Waals surface area contributed by atoms with Crippen LogP contribution < -0.4 is 16.6 Å². The maximum Gasteiger partial charge on any atom is 0.332 e. The lowest BCUT2D eigenvalue weighted by Gasteiger charge is -2.08. The summed E-state index contributed by atoms with van der Waals surface area (Å²) in [5.41, 5.74) is 1.71. The zero-order valence-corrected chi connectivity index (χ0v) is 17.6. The number of rotatable bonds is 6. The summed E-state index contributed by atoms with van der Waals surface area (Å²) in [6, 6.07) is 7.68. The SMILES string of the molecule is Cn1c(=O)c2c(ncn2CCCC(=O)Nc2ccc(C3=NCCS3)cc2)n(C)c1=O. The maximum atomic E-state index is 12.4. The van der Waals surface area contributed by atoms with Crippen molar-refractivity contribution in [1.82, 2.24) is 18.7 Å². The smallest absolute Gasteiger partial charge is 0.326 e. The van der Waals surface area contributed by atoms with Crippen molar-refractivity contribution in [3.8, 4) is 0 Å². The molecule has 30 heavy (non-hydrogen) atoms. The summed E-state index contributed by atoms with van der Waals surface area (Å²) in [6.45, 7) is 1.31. The molecule has 0 radical (unpaired) electrons. The molecule has 10 heteroatoms. The van der Waals surface area contributed by atoms with Crippen LogP contribution in [0.3, 0.4) is 0 Å². The number of aliphatic imine (C=N–C) groups is 1. The fraction of sp³-hybridized carbons (Fsp3) is 0.350. The van der Waals surface area contributed by atoms with Gasteiger partial charge in [-0.3, -0.25) is 23.7 Å². The third-order valence-corrected chi connectivity index (χ3v) is 6.05. The van der Waals surface area contributed by atoms with E-state index in [0.717, 1.165) is 33.2 Å². The van der Waals surface area contributed by atoms with Gasteiger partial charge in [0.15, 0.2) is 11.2 Å². The second-order valence-electron chi connectivity index (χ2n) is 7.08. The van der Waals surface area contributed by atoms with Crippen LogP contribution in [-0.4, -0.2) is 41.9 Å². The zero-order valence-electron chi connectivity index (χ0n) is 16.8. The van der Waals surface area contributed by atoms with Crippen LogP contribution >= 0.6 is 11.8 Å². The van der Waals surface area contributed by atoms with E-state index in [1.807, 2.05) is 24.3 Å². The van der Waals surface area contributed by atoms with Crippen molar-refractivity contribution in [3.63, 3.8) is 0 Å². The third kappa shape index (κ3) is 3.82. The fourth-order valence-corrected chi connectivity index (χ4v) is 4.27. The summed E-state index contributed by atoms with van der Waals surface area (Å²) < 4.78 is 4.10. The van der Waals surface area contributed by atoms with Gasteiger partial charge in [-0.15, -0.1) is 11.8 Å². The number of nitrogens with one attached hydrogen (secondary N) is 1. The molecule has 9 nitrogen and oxygen atoms in total. The monoisotopic (exact) mass is 426 g/mol. The lowest BCUT2D eigenvalue weighted by atomic mass is 10.2. The number of carbonyl (C=O) groups is 1. The van der Waals surface area contributed by atoms with Gasteiger partial charge in [0, 0.05) is 50.6 Å². The van der Waals surface area contributed by atoms with E-state index < -0.39 is 5.69 Å². The normalized spacial score (nSPS) is 13.6. The van der Waals surface area contributed by atoms with E-state index in [1.54, 1.807) is 23.4 Å². The summed E-state index contributed by atoms with van der Waals surface area (Å²) in [7, 11) is 3.02. The Kier molecular flexibility index (Phi) is 5.58. The highest BCUT2D eigenvalue weighted by Crippen LogP contribution is 2.20. The van der Waals surface area contributed by atoms with E-state index in [0.29, 0.717) is 30.6 Å². The molecule has 0 atom stereocenters. The van der Waals surface area contributed by atoms with Gasteiger partial charge in [-0.1, -0.05) is 12.1 Å². The van der Waals surface area contributed by atoms with Gasteiger partial charge in [-0.05, 0) is 18.6 Å². The molecule has 0 saturated carbocycles. The van der Waals surface area contributed by atoms with E-state index in [2.05, 4.69) is 15.3 Å². The van der Waals surface area contributed by atoms with Gasteiger partial charge in [0.2, 0.25) is 5.91 Å². The quantitative estimate of drug-likeness (QED) is 0.641. The molecule has 0 spiro atoms. The average Bonchev–Trinajstić information content (AvgIpc) is 3.42. The number of aromatic nitrogens is 4. The van der Waals surface area contributed by atoms with Gasteiger partial charge in [0.25, 0.3) is 5.56 Å². The number of thioether (sulfide) groups is 1. The summed E-state index contributed by atoms with van der Waals surface area (Å²) in [5.74, 6) is 0.919. The minimum absolute atomic E-state index is 0.0972. The molecule has 156 valence electrons. The number of fused-ring (bicyclic) bond motifs is 1. The Labute approximate surface area is 176 Å². The van der Waals surface area contributed by atoms with E-state index >= 15 is 0 Å². The lowest BCUT2D eigenvalue weighted by Crippen LogP contribution is -2.37. The molecule has 3 heterocycles. The molecule has 0 saturated heterocycles. The third-order valence-electron chi connectivity index (χ3n) is 5.02. The molecular formula is C20H22N6O3S. The lowest BCUT2D eigenvalue weighted by molar-refractivity contribution is -0.116. The predicted octanol–water partition coefficient (Wildman–Crippen LogP) is 1.35. The van der Waals surface area contributed by atoms with Crippen molar-refractivity contribution in [1.29, 1.82) is 0 Å². The highest BCUT2D eigenvalue weighted by Gasteiger charge is 2.14. The Hall–Kier alpha value is -3.14. The minimum atomic E-state index is -0.415. The van der Waals surface area contributed by atoms with E-state index in [4.69, 9.17) is 0 Å². The number of imidazole rings is 1. The molecule has 1 aromatic carbocycles. The molecule has 4 rings (SSSR count). The highest BCUT2D eigenvalue weighted by molar-refractivity contribution is 8.14. The van der Waals surface area contributed by atoms with Crippen LogP contribution in [0, 0.1) is 0 Å². The number of hydrogen-bond donors (Lipinski definition) is 1. The molecule has 1 aliphatic heterocycles. The topological polar surface area (TPSA) is 103 Å². The number of anilines is 1. The van der Waals surface area contributed by atoms with Crippen LogP contribution in [0.15, 0.2) is 45.2 Å². The molecular weight excluding hydrogens is 404 g/mol. The first-order valence-electron chi connectivity index (χ1n) is 9.64. The molecule has 0 fully saturated rings. The zero-order chi connectivity index (χ0) is 21.3. The standard InChI is InChI=1S/C20H22N6O3S/c1-24-17-16(19(28)25(2)20(24)29)26(12-22-17)10-3-4-15(27)23-14-7-5-13(6-8-14)18-21-9-11-30-18/h5-8,12H,3-4,9-11H2,1-2H3,(H,23,27). The van der Waals surface area contributed by atoms with Crippen LogP contribution in [-0.2, 0) is 25.4 Å². The summed E-state index contributed by atoms with van der Waals surface area (Å²) in [6.07, 6.45) is 2.37. The van der Waals surface area contributed by atoms with Crippen molar-refractivity contribution in [2.45, 2.75) is 19.4 Å². The molecule has 0 bridgehead atoms. The molecule has 0 aliphatic carbocycles. The highest BCUT2D eigenvalue weighted by atomic mass is 32.2. The van der Waals surface area contributed by atoms with Crippen molar-refractivity contribution in [3.05, 3.63) is 57.0 Å². The number of nitrogens with zero attached hydrogens (tertiary/aromatic N) is 5. The summed E-state index contributed by atoms with van der Waals surface area (Å²) >= 11 is 1.74. The Morgan fingerprint density at radius 2 is 1.93 bits per heavy atom. The van der Waals surface area contributed by atoms with Crippen molar-refractivity contribution >= 4 is 39.6 Å². The first-order chi connectivity index (χ1) is 14.5. The van der Waals surface area contributed by atoms with E-state index in [1.165, 1.54) is 17.9 Å². The van der Waals surface area contributed by atoms with Gasteiger partial charge < -0.3 is 9.88 Å². The van der Waals surface area contributed by atoms with Gasteiger partial charge >= 0.3 is 5.69 Å². The number of amides is 1. The molecule has 0 unspecified atom stereocenters. The Balaban J connectivity index is 1.37. The minimum Gasteiger partial charge on any atom is -0.326 e. The number of hydrogen-bond acceptors (Lipinski definition) is 6. The Morgan fingerprint density at radius 1 is 1.17 bits per heavy atom. The van der Waals surface area contributed by atoms with Gasteiger partial charge in [0.1, 0.15) is 0 Å². The number of benzene rings is 1. The summed E-state index contributed by atoms with van der Waals surface area (Å²) in [4.78, 5) is 45.4. The van der Waals surface area contributed by atoms with Crippen molar-refractivity contribution < 1.29 is 4.79 Å². The maximum absolute atomic E-state index is 12.4. The van der Waals surface area contributed by atoms with Crippen LogP contribution in [0.1, 0.15) is 18.4 Å². The molecule has 1 amide bonds. The van der Waals surface area contributed by atoms with Crippen LogP contribution in [0.2, 0.25) is 0 Å². The predicted molar refractivity (Wildman–Crippen MR) is 118 cm³/mol. The first kappa shape index (κ1) is 20.1. The van der Waals surface area contributed by atoms with Gasteiger partial charge in [0.05, 0.1) is 11.4 Å². The summed E-state index contributed by atoms with van der Waals surface area (Å²) in [5, 5.41) is 3.94. The second-order valence-corrected chi connectivity index (χ2v) is 8.16. The van der Waals surface area contributed by atoms with Crippen LogP contribution in [0.25, 0.3) is 11.2 Å². The van der Waals surface area contributed by atoms with Crippen molar-refractivity contribution in [2.75, 3.05) is 17.6 Å². The molecule has 3 aromatic rings. The Morgan fingerprint density at radius 3 is 2.63 bits per heavy atom. The second kappa shape index (κ2) is 8.31. The fourth-order valence-electron chi connectivity index (χ4n) is 3.41. The number of carbonyl (C=O) groups excluding carboxylic acids is 1. The van der Waals surface area contributed by atoms with E-state index in [9.17, 15) is 14.4 Å². The average molecular weight is 427 g/mol. The largest absolute Gasteiger partial charge is 0.332 e. The van der Waals surface area contributed by atoms with E-state index in [-0.39, 0.29) is 11.5 Å². The van der Waals surface area contributed by atoms with Gasteiger partial charge in [-0.25, -0.2) is 9.78 Å². The molecule has 2 aromatic heterocycles. The van der Waals surface area contributed by atoms with Crippen LogP contribution in [0.5, 0.6) is 0 Å². The number of aryl methyl sites for hydroxylation is 2. The van der Waals surface area contributed by atoms with Crippen molar-refractivity contribution in [2.24, 2.45) is 19.1 Å². The van der Waals surface area contributed by atoms with Crippen LogP contribution in [0.4, 0.5) is 5.69 Å². The molecule has 1 N–H and O–H groups in total. The Bertz CT molecular complexity index is 1250.